The normalized spacial score (nSPS) is 21.3. The van der Waals surface area contributed by atoms with Crippen LogP contribution in [0, 0.1) is 11.3 Å². The molecule has 1 aromatic carbocycles. The predicted molar refractivity (Wildman–Crippen MR) is 87.6 cm³/mol. The summed E-state index contributed by atoms with van der Waals surface area (Å²) in [6.07, 6.45) is 0.609. The van der Waals surface area contributed by atoms with Crippen molar-refractivity contribution < 1.29 is 9.59 Å². The molecule has 1 atom stereocenters. The fraction of sp³-hybridized carbons (Fsp3) is 0.500. The number of benzene rings is 1. The summed E-state index contributed by atoms with van der Waals surface area (Å²) in [6.45, 7) is 8.39. The Hall–Kier alpha value is -2.35. The van der Waals surface area contributed by atoms with E-state index in [4.69, 9.17) is 5.26 Å². The highest BCUT2D eigenvalue weighted by molar-refractivity contribution is 6.07. The first-order valence-corrected chi connectivity index (χ1v) is 7.88. The smallest absolute Gasteiger partial charge is 0.319 e. The molecule has 0 aromatic heterocycles. The molecule has 2 rings (SSSR count). The molecule has 5 nitrogen and oxygen atoms in total. The Kier molecular flexibility index (Phi) is 4.46. The van der Waals surface area contributed by atoms with Crippen LogP contribution >= 0.6 is 0 Å². The van der Waals surface area contributed by atoms with Gasteiger partial charge in [0.2, 0.25) is 0 Å². The second-order valence-electron chi connectivity index (χ2n) is 6.88. The zero-order chi connectivity index (χ0) is 17.3. The Morgan fingerprint density at radius 3 is 2.30 bits per heavy atom. The number of carbonyl (C=O) groups excluding carboxylic acids is 2. The second-order valence-corrected chi connectivity index (χ2v) is 6.88. The molecule has 1 fully saturated rings. The van der Waals surface area contributed by atoms with Crippen LogP contribution in [0.5, 0.6) is 0 Å². The number of hydrogen-bond donors (Lipinski definition) is 1. The number of rotatable bonds is 4. The van der Waals surface area contributed by atoms with E-state index >= 15 is 0 Å². The molecule has 0 spiro atoms. The standard InChI is InChI=1S/C18H23N3O2/c1-5-18(14-9-7-13(8-10-14)17(2,3)4)15(22)21(12-6-11-19)16(23)20-18/h7-10H,5-6,12H2,1-4H3,(H,20,23). The van der Waals surface area contributed by atoms with Gasteiger partial charge in [-0.05, 0) is 23.0 Å². The number of hydrogen-bond acceptors (Lipinski definition) is 3. The number of nitrogens with zero attached hydrogens (tertiary/aromatic N) is 2. The molecule has 1 aliphatic heterocycles. The summed E-state index contributed by atoms with van der Waals surface area (Å²) in [6, 6.07) is 9.38. The van der Waals surface area contributed by atoms with Gasteiger partial charge in [-0.25, -0.2) is 4.79 Å². The minimum Gasteiger partial charge on any atom is -0.319 e. The Bertz CT molecular complexity index is 652. The quantitative estimate of drug-likeness (QED) is 0.868. The molecule has 1 aliphatic rings. The number of nitrogens with one attached hydrogen (secondary N) is 1. The number of nitriles is 1. The SMILES string of the molecule is CCC1(c2ccc(C(C)(C)C)cc2)NC(=O)N(CCC#N)C1=O. The van der Waals surface area contributed by atoms with E-state index in [0.717, 1.165) is 10.5 Å². The molecule has 23 heavy (non-hydrogen) atoms. The van der Waals surface area contributed by atoms with Crippen molar-refractivity contribution in [3.8, 4) is 6.07 Å². The highest BCUT2D eigenvalue weighted by Crippen LogP contribution is 2.34. The molecule has 1 N–H and O–H groups in total. The molecule has 0 aliphatic carbocycles. The Morgan fingerprint density at radius 1 is 1.22 bits per heavy atom. The highest BCUT2D eigenvalue weighted by Gasteiger charge is 2.50. The van der Waals surface area contributed by atoms with Crippen molar-refractivity contribution in [1.29, 1.82) is 5.26 Å². The van der Waals surface area contributed by atoms with E-state index in [9.17, 15) is 9.59 Å². The molecule has 0 radical (unpaired) electrons. The first kappa shape index (κ1) is 17.0. The molecule has 0 saturated carbocycles. The van der Waals surface area contributed by atoms with Gasteiger partial charge in [-0.15, -0.1) is 0 Å². The topological polar surface area (TPSA) is 73.2 Å². The fourth-order valence-corrected chi connectivity index (χ4v) is 2.89. The van der Waals surface area contributed by atoms with Crippen molar-refractivity contribution in [2.45, 2.75) is 51.5 Å². The molecule has 1 saturated heterocycles. The first-order valence-electron chi connectivity index (χ1n) is 7.88. The lowest BCUT2D eigenvalue weighted by atomic mass is 9.82. The summed E-state index contributed by atoms with van der Waals surface area (Å²) < 4.78 is 0. The van der Waals surface area contributed by atoms with E-state index in [0.29, 0.717) is 6.42 Å². The zero-order valence-electron chi connectivity index (χ0n) is 14.1. The lowest BCUT2D eigenvalue weighted by Crippen LogP contribution is -2.43. The maximum Gasteiger partial charge on any atom is 0.325 e. The largest absolute Gasteiger partial charge is 0.325 e. The highest BCUT2D eigenvalue weighted by atomic mass is 16.2. The van der Waals surface area contributed by atoms with E-state index in [1.165, 1.54) is 5.56 Å². The first-order chi connectivity index (χ1) is 10.8. The van der Waals surface area contributed by atoms with Gasteiger partial charge in [-0.2, -0.15) is 5.26 Å². The summed E-state index contributed by atoms with van der Waals surface area (Å²) in [5, 5.41) is 11.5. The third-order valence-electron chi connectivity index (χ3n) is 4.40. The predicted octanol–water partition coefficient (Wildman–Crippen LogP) is 3.05. The van der Waals surface area contributed by atoms with Gasteiger partial charge in [-0.1, -0.05) is 52.0 Å². The summed E-state index contributed by atoms with van der Waals surface area (Å²) >= 11 is 0. The van der Waals surface area contributed by atoms with Crippen LogP contribution in [0.4, 0.5) is 4.79 Å². The van der Waals surface area contributed by atoms with Gasteiger partial charge in [0, 0.05) is 6.54 Å². The maximum absolute atomic E-state index is 12.8. The van der Waals surface area contributed by atoms with Gasteiger partial charge in [0.25, 0.3) is 5.91 Å². The Labute approximate surface area is 137 Å². The molecule has 0 bridgehead atoms. The molecule has 1 aromatic rings. The molecule has 5 heteroatoms. The van der Waals surface area contributed by atoms with Gasteiger partial charge in [0.1, 0.15) is 5.54 Å². The van der Waals surface area contributed by atoms with Gasteiger partial charge < -0.3 is 5.32 Å². The van der Waals surface area contributed by atoms with Crippen LogP contribution in [0.25, 0.3) is 0 Å². The van der Waals surface area contributed by atoms with E-state index in [1.54, 1.807) is 0 Å². The summed E-state index contributed by atoms with van der Waals surface area (Å²) in [7, 11) is 0. The number of amides is 3. The van der Waals surface area contributed by atoms with Crippen LogP contribution in [-0.4, -0.2) is 23.4 Å². The average Bonchev–Trinajstić information content (AvgIpc) is 2.76. The van der Waals surface area contributed by atoms with Gasteiger partial charge in [-0.3, -0.25) is 9.69 Å². The van der Waals surface area contributed by atoms with Gasteiger partial charge in [0.05, 0.1) is 12.5 Å². The van der Waals surface area contributed by atoms with Crippen molar-refractivity contribution in [1.82, 2.24) is 10.2 Å². The Balaban J connectivity index is 2.37. The minimum absolute atomic E-state index is 0.0275. The van der Waals surface area contributed by atoms with Crippen molar-refractivity contribution in [3.05, 3.63) is 35.4 Å². The van der Waals surface area contributed by atoms with Crippen LogP contribution in [0.2, 0.25) is 0 Å². The third kappa shape index (κ3) is 2.94. The summed E-state index contributed by atoms with van der Waals surface area (Å²) in [5.74, 6) is -0.274. The second kappa shape index (κ2) is 6.04. The van der Waals surface area contributed by atoms with Crippen molar-refractivity contribution in [2.75, 3.05) is 6.54 Å². The van der Waals surface area contributed by atoms with E-state index in [1.807, 2.05) is 37.3 Å². The van der Waals surface area contributed by atoms with Crippen molar-refractivity contribution in [2.24, 2.45) is 0 Å². The van der Waals surface area contributed by atoms with Gasteiger partial charge >= 0.3 is 6.03 Å². The average molecular weight is 313 g/mol. The molecule has 1 heterocycles. The fourth-order valence-electron chi connectivity index (χ4n) is 2.89. The number of carbonyl (C=O) groups is 2. The van der Waals surface area contributed by atoms with Crippen molar-refractivity contribution in [3.63, 3.8) is 0 Å². The summed E-state index contributed by atoms with van der Waals surface area (Å²) in [4.78, 5) is 26.1. The molecule has 3 amide bonds. The maximum atomic E-state index is 12.8. The van der Waals surface area contributed by atoms with Crippen LogP contribution in [-0.2, 0) is 15.7 Å². The van der Waals surface area contributed by atoms with Crippen LogP contribution in [0.1, 0.15) is 51.7 Å². The molecular weight excluding hydrogens is 290 g/mol. The van der Waals surface area contributed by atoms with Crippen molar-refractivity contribution >= 4 is 11.9 Å². The van der Waals surface area contributed by atoms with Gasteiger partial charge in [0.15, 0.2) is 0 Å². The van der Waals surface area contributed by atoms with E-state index in [-0.39, 0.29) is 24.3 Å². The minimum atomic E-state index is -1.02. The van der Waals surface area contributed by atoms with E-state index < -0.39 is 11.6 Å². The monoisotopic (exact) mass is 313 g/mol. The zero-order valence-corrected chi connectivity index (χ0v) is 14.1. The van der Waals surface area contributed by atoms with Crippen LogP contribution in [0.3, 0.4) is 0 Å². The summed E-state index contributed by atoms with van der Waals surface area (Å²) in [5.41, 5.74) is 0.958. The Morgan fingerprint density at radius 2 is 1.83 bits per heavy atom. The number of imide groups is 1. The third-order valence-corrected chi connectivity index (χ3v) is 4.40. The van der Waals surface area contributed by atoms with Crippen LogP contribution in [0.15, 0.2) is 24.3 Å². The number of urea groups is 1. The van der Waals surface area contributed by atoms with Crippen LogP contribution < -0.4 is 5.32 Å². The molecule has 1 unspecified atom stereocenters. The lowest BCUT2D eigenvalue weighted by Gasteiger charge is -2.27. The lowest BCUT2D eigenvalue weighted by molar-refractivity contribution is -0.131. The van der Waals surface area contributed by atoms with E-state index in [2.05, 4.69) is 26.1 Å². The molecular formula is C18H23N3O2. The molecule has 122 valence electrons.